The van der Waals surface area contributed by atoms with Gasteiger partial charge >= 0.3 is 6.09 Å². The van der Waals surface area contributed by atoms with Crippen LogP contribution in [0.3, 0.4) is 0 Å². The van der Waals surface area contributed by atoms with Crippen LogP contribution in [0, 0.1) is 0 Å². The zero-order valence-electron chi connectivity index (χ0n) is 9.65. The second-order valence-corrected chi connectivity index (χ2v) is 2.98. The molecule has 0 radical (unpaired) electrons. The number of rotatable bonds is 6. The monoisotopic (exact) mass is 303 g/mol. The molecule has 15 heavy (non-hydrogen) atoms. The first-order valence-electron chi connectivity index (χ1n) is 4.90. The van der Waals surface area contributed by atoms with Gasteiger partial charge in [0.15, 0.2) is 0 Å². The van der Waals surface area contributed by atoms with Gasteiger partial charge in [-0.05, 0) is 12.8 Å². The molecule has 0 saturated carbocycles. The zero-order chi connectivity index (χ0) is 11.4. The Morgan fingerprint density at radius 2 is 1.47 bits per heavy atom. The summed E-state index contributed by atoms with van der Waals surface area (Å²) in [5, 5.41) is 8.75. The first-order valence-corrected chi connectivity index (χ1v) is 6.50. The number of hydrogen-bond acceptors (Lipinski definition) is 3. The van der Waals surface area contributed by atoms with E-state index in [1.165, 1.54) is 4.90 Å². The molecular weight excluding hydrogens is 284 g/mol. The molecule has 3 nitrogen and oxygen atoms in total. The zero-order valence-corrected chi connectivity index (χ0v) is 14.4. The van der Waals surface area contributed by atoms with Crippen LogP contribution in [-0.2, 0) is 19.5 Å². The minimum absolute atomic E-state index is 0. The average Bonchev–Trinajstić information content (AvgIpc) is 2.20. The van der Waals surface area contributed by atoms with Gasteiger partial charge in [-0.2, -0.15) is 0 Å². The first kappa shape index (κ1) is 20.9. The molecule has 0 aliphatic carbocycles. The third-order valence-corrected chi connectivity index (χ3v) is 1.83. The van der Waals surface area contributed by atoms with Gasteiger partial charge in [-0.15, -0.1) is 23.3 Å². The molecule has 6 heteroatoms. The molecule has 0 rings (SSSR count). The number of carbonyl (C=O) groups is 1. The van der Waals surface area contributed by atoms with E-state index in [0.29, 0.717) is 13.1 Å². The van der Waals surface area contributed by atoms with Crippen molar-refractivity contribution in [2.24, 2.45) is 0 Å². The van der Waals surface area contributed by atoms with E-state index >= 15 is 0 Å². The van der Waals surface area contributed by atoms with Gasteiger partial charge in [-0.1, -0.05) is 26.7 Å². The van der Waals surface area contributed by atoms with Crippen LogP contribution in [0.1, 0.15) is 39.5 Å². The van der Waals surface area contributed by atoms with E-state index in [1.807, 2.05) is 0 Å². The topological polar surface area (TPSA) is 40.5 Å². The minimum atomic E-state index is -0.781. The number of carboxylic acid groups (broad SMARTS) is 1. The molecule has 1 amide bonds. The van der Waals surface area contributed by atoms with Gasteiger partial charge in [0, 0.05) is 32.6 Å². The molecule has 0 atom stereocenters. The Hall–Kier alpha value is 0.593. The van der Waals surface area contributed by atoms with E-state index in [2.05, 4.69) is 37.2 Å². The standard InChI is InChI=1S/C9H19NO2.H2S2.Zn/c1-3-5-7-10(9(11)12)8-6-4-2;1-2;/h3-8H2,1-2H3,(H,11,12);1-2H;. The maximum Gasteiger partial charge on any atom is 0.407 e. The van der Waals surface area contributed by atoms with Crippen molar-refractivity contribution in [3.8, 4) is 0 Å². The van der Waals surface area contributed by atoms with Crippen molar-refractivity contribution in [3.05, 3.63) is 0 Å². The second-order valence-electron chi connectivity index (χ2n) is 2.98. The van der Waals surface area contributed by atoms with Gasteiger partial charge in [0.05, 0.1) is 0 Å². The molecule has 0 aromatic rings. The first-order chi connectivity index (χ1) is 6.72. The van der Waals surface area contributed by atoms with Gasteiger partial charge in [0.2, 0.25) is 0 Å². The Bertz CT molecular complexity index is 131. The van der Waals surface area contributed by atoms with Crippen molar-refractivity contribution in [1.82, 2.24) is 4.90 Å². The summed E-state index contributed by atoms with van der Waals surface area (Å²) in [7, 11) is 0. The summed E-state index contributed by atoms with van der Waals surface area (Å²) in [5.41, 5.74) is 0. The summed E-state index contributed by atoms with van der Waals surface area (Å²) >= 11 is 6.44. The fraction of sp³-hybridized carbons (Fsp3) is 0.889. The summed E-state index contributed by atoms with van der Waals surface area (Å²) in [6.45, 7) is 5.51. The maximum absolute atomic E-state index is 10.6. The van der Waals surface area contributed by atoms with Crippen molar-refractivity contribution in [2.45, 2.75) is 39.5 Å². The molecular formula is C9H21NO2S2Zn. The molecule has 88 valence electrons. The summed E-state index contributed by atoms with van der Waals surface area (Å²) < 4.78 is 0. The van der Waals surface area contributed by atoms with Gasteiger partial charge in [0.25, 0.3) is 0 Å². The Morgan fingerprint density at radius 1 is 1.13 bits per heavy atom. The third kappa shape index (κ3) is 14.6. The third-order valence-electron chi connectivity index (χ3n) is 1.83. The molecule has 1 N–H and O–H groups in total. The van der Waals surface area contributed by atoms with E-state index in [-0.39, 0.29) is 19.5 Å². The fourth-order valence-electron chi connectivity index (χ4n) is 1.00. The van der Waals surface area contributed by atoms with Crippen LogP contribution in [0.2, 0.25) is 0 Å². The number of unbranched alkanes of at least 4 members (excludes halogenated alkanes) is 2. The van der Waals surface area contributed by atoms with Gasteiger partial charge in [-0.3, -0.25) is 0 Å². The maximum atomic E-state index is 10.6. The van der Waals surface area contributed by atoms with Crippen LogP contribution in [0.15, 0.2) is 0 Å². The van der Waals surface area contributed by atoms with Gasteiger partial charge < -0.3 is 10.0 Å². The molecule has 0 aliphatic rings. The van der Waals surface area contributed by atoms with Crippen molar-refractivity contribution in [2.75, 3.05) is 13.1 Å². The molecule has 0 aromatic heterocycles. The van der Waals surface area contributed by atoms with Gasteiger partial charge in [0.1, 0.15) is 0 Å². The number of hydrogen-bond donors (Lipinski definition) is 3. The van der Waals surface area contributed by atoms with Crippen molar-refractivity contribution in [1.29, 1.82) is 0 Å². The summed E-state index contributed by atoms with van der Waals surface area (Å²) in [6, 6.07) is 0. The van der Waals surface area contributed by atoms with E-state index in [1.54, 1.807) is 0 Å². The number of thiol groups is 2. The van der Waals surface area contributed by atoms with Crippen LogP contribution in [0.4, 0.5) is 4.79 Å². The largest absolute Gasteiger partial charge is 0.465 e. The molecule has 0 heterocycles. The molecule has 0 bridgehead atoms. The smallest absolute Gasteiger partial charge is 0.407 e. The van der Waals surface area contributed by atoms with Crippen LogP contribution in [0.5, 0.6) is 0 Å². The normalized spacial score (nSPS) is 8.27. The van der Waals surface area contributed by atoms with Crippen molar-refractivity contribution < 1.29 is 29.4 Å². The van der Waals surface area contributed by atoms with E-state index in [4.69, 9.17) is 5.11 Å². The summed E-state index contributed by atoms with van der Waals surface area (Å²) in [5.74, 6) is 0. The number of nitrogens with zero attached hydrogens (tertiary/aromatic N) is 1. The van der Waals surface area contributed by atoms with Crippen LogP contribution in [0.25, 0.3) is 0 Å². The molecule has 0 fully saturated rings. The Kier molecular flexibility index (Phi) is 23.7. The Balaban J connectivity index is -0.000000449. The van der Waals surface area contributed by atoms with Crippen LogP contribution < -0.4 is 0 Å². The molecule has 0 saturated heterocycles. The Labute approximate surface area is 116 Å². The second kappa shape index (κ2) is 17.0. The van der Waals surface area contributed by atoms with Gasteiger partial charge in [-0.25, -0.2) is 4.79 Å². The average molecular weight is 305 g/mol. The predicted molar refractivity (Wildman–Crippen MR) is 67.4 cm³/mol. The quantitative estimate of drug-likeness (QED) is 0.400. The van der Waals surface area contributed by atoms with Crippen LogP contribution >= 0.6 is 23.3 Å². The van der Waals surface area contributed by atoms with E-state index in [9.17, 15) is 4.79 Å². The minimum Gasteiger partial charge on any atom is -0.465 e. The van der Waals surface area contributed by atoms with Crippen molar-refractivity contribution >= 4 is 29.4 Å². The SMILES string of the molecule is CCCCN(CCCC)C(=O)O.SS.[Zn]. The molecule has 0 aromatic carbocycles. The fourth-order valence-corrected chi connectivity index (χ4v) is 1.00. The number of amides is 1. The van der Waals surface area contributed by atoms with Crippen LogP contribution in [-0.4, -0.2) is 29.2 Å². The Morgan fingerprint density at radius 3 is 1.67 bits per heavy atom. The molecule has 0 spiro atoms. The van der Waals surface area contributed by atoms with E-state index in [0.717, 1.165) is 25.7 Å². The molecule has 0 aliphatic heterocycles. The van der Waals surface area contributed by atoms with E-state index < -0.39 is 6.09 Å². The molecule has 0 unspecified atom stereocenters. The van der Waals surface area contributed by atoms with Crippen molar-refractivity contribution in [3.63, 3.8) is 0 Å². The predicted octanol–water partition coefficient (Wildman–Crippen LogP) is 3.33. The summed E-state index contributed by atoms with van der Waals surface area (Å²) in [6.07, 6.45) is 3.26. The summed E-state index contributed by atoms with van der Waals surface area (Å²) in [4.78, 5) is 12.1.